The van der Waals surface area contributed by atoms with Gasteiger partial charge >= 0.3 is 14.8 Å². The fourth-order valence-corrected chi connectivity index (χ4v) is 5.77. The number of carbonyl (C=O) groups is 1. The van der Waals surface area contributed by atoms with Crippen LogP contribution in [0.2, 0.25) is 6.04 Å². The zero-order valence-electron chi connectivity index (χ0n) is 20.2. The van der Waals surface area contributed by atoms with Gasteiger partial charge in [0.15, 0.2) is 0 Å². The molecule has 0 bridgehead atoms. The summed E-state index contributed by atoms with van der Waals surface area (Å²) in [6.45, 7) is 7.54. The first kappa shape index (κ1) is 26.7. The van der Waals surface area contributed by atoms with Gasteiger partial charge in [-0.1, -0.05) is 12.1 Å². The highest BCUT2D eigenvalue weighted by molar-refractivity contribution is 6.60. The number of hydrogen-bond acceptors (Lipinski definition) is 8. The second-order valence-electron chi connectivity index (χ2n) is 7.35. The van der Waals surface area contributed by atoms with E-state index >= 15 is 0 Å². The van der Waals surface area contributed by atoms with Gasteiger partial charge in [-0.15, -0.1) is 5.11 Å². The second-order valence-corrected chi connectivity index (χ2v) is 10.1. The minimum atomic E-state index is -2.75. The number of hydrogen-bond donors (Lipinski definition) is 0. The number of azo groups is 1. The van der Waals surface area contributed by atoms with E-state index in [0.717, 1.165) is 5.69 Å². The molecule has 0 atom stereocenters. The van der Waals surface area contributed by atoms with E-state index in [9.17, 15) is 4.79 Å². The molecule has 0 aliphatic rings. The van der Waals surface area contributed by atoms with Crippen LogP contribution in [0.15, 0.2) is 58.8 Å². The first-order valence-electron chi connectivity index (χ1n) is 11.3. The van der Waals surface area contributed by atoms with Crippen molar-refractivity contribution in [3.8, 4) is 0 Å². The molecule has 0 unspecified atom stereocenters. The number of ether oxygens (including phenoxy) is 1. The smallest absolute Gasteiger partial charge is 0.462 e. The maximum Gasteiger partial charge on any atom is 0.501 e. The SMILES string of the molecule is CCO[Si](CCCOC(=O)c1ccccc1N=Nc1ccc(N(C)C)cc1)(OCC)OCC. The number of rotatable bonds is 14. The summed E-state index contributed by atoms with van der Waals surface area (Å²) in [7, 11) is 1.21. The molecule has 2 aromatic rings. The Morgan fingerprint density at radius 2 is 1.48 bits per heavy atom. The molecular formula is C24H35N3O5Si. The Morgan fingerprint density at radius 1 is 0.879 bits per heavy atom. The highest BCUT2D eigenvalue weighted by atomic mass is 28.4. The van der Waals surface area contributed by atoms with Crippen molar-refractivity contribution in [2.24, 2.45) is 10.2 Å². The molecule has 0 heterocycles. The van der Waals surface area contributed by atoms with Crippen molar-refractivity contribution in [1.29, 1.82) is 0 Å². The lowest BCUT2D eigenvalue weighted by atomic mass is 10.2. The van der Waals surface area contributed by atoms with Crippen molar-refractivity contribution >= 4 is 31.8 Å². The standard InChI is InChI=1S/C24H35N3O5Si/c1-6-30-33(31-7-2,32-8-3)19-11-18-29-24(28)22-12-9-10-13-23(22)26-25-20-14-16-21(17-15-20)27(4)5/h9-10,12-17H,6-8,11,18-19H2,1-5H3. The molecule has 0 N–H and O–H groups in total. The van der Waals surface area contributed by atoms with Gasteiger partial charge in [-0.3, -0.25) is 0 Å². The molecule has 0 spiro atoms. The Labute approximate surface area is 197 Å². The van der Waals surface area contributed by atoms with Crippen LogP contribution in [0.25, 0.3) is 0 Å². The van der Waals surface area contributed by atoms with Gasteiger partial charge in [-0.05, 0) is 63.6 Å². The number of anilines is 1. The normalized spacial score (nSPS) is 11.7. The molecule has 8 nitrogen and oxygen atoms in total. The lowest BCUT2D eigenvalue weighted by Crippen LogP contribution is -2.46. The first-order valence-corrected chi connectivity index (χ1v) is 13.2. The summed E-state index contributed by atoms with van der Waals surface area (Å²) >= 11 is 0. The van der Waals surface area contributed by atoms with Gasteiger partial charge in [-0.2, -0.15) is 5.11 Å². The Balaban J connectivity index is 1.99. The summed E-state index contributed by atoms with van der Waals surface area (Å²) in [5, 5.41) is 8.53. The molecule has 9 heteroatoms. The van der Waals surface area contributed by atoms with E-state index in [0.29, 0.717) is 49.2 Å². The van der Waals surface area contributed by atoms with Crippen LogP contribution < -0.4 is 4.90 Å². The quantitative estimate of drug-likeness (QED) is 0.150. The molecule has 0 amide bonds. The maximum absolute atomic E-state index is 12.7. The van der Waals surface area contributed by atoms with Crippen LogP contribution in [0.1, 0.15) is 37.6 Å². The van der Waals surface area contributed by atoms with Gasteiger partial charge in [0.25, 0.3) is 0 Å². The highest BCUT2D eigenvalue weighted by Crippen LogP contribution is 2.25. The number of benzene rings is 2. The third kappa shape index (κ3) is 8.36. The van der Waals surface area contributed by atoms with Crippen molar-refractivity contribution in [2.75, 3.05) is 45.4 Å². The molecule has 0 fully saturated rings. The van der Waals surface area contributed by atoms with Crippen molar-refractivity contribution in [3.63, 3.8) is 0 Å². The summed E-state index contributed by atoms with van der Waals surface area (Å²) in [4.78, 5) is 14.7. The molecule has 33 heavy (non-hydrogen) atoms. The van der Waals surface area contributed by atoms with Crippen LogP contribution in [0.3, 0.4) is 0 Å². The maximum atomic E-state index is 12.7. The van der Waals surface area contributed by atoms with Crippen LogP contribution in [0.5, 0.6) is 0 Å². The fraction of sp³-hybridized carbons (Fsp3) is 0.458. The van der Waals surface area contributed by atoms with Gasteiger partial charge in [0.1, 0.15) is 5.69 Å². The van der Waals surface area contributed by atoms with Gasteiger partial charge < -0.3 is 22.9 Å². The van der Waals surface area contributed by atoms with E-state index in [4.69, 9.17) is 18.0 Å². The molecular weight excluding hydrogens is 438 g/mol. The first-order chi connectivity index (χ1) is 15.9. The largest absolute Gasteiger partial charge is 0.501 e. The van der Waals surface area contributed by atoms with Crippen LogP contribution in [0.4, 0.5) is 17.1 Å². The summed E-state index contributed by atoms with van der Waals surface area (Å²) < 4.78 is 23.0. The Hall–Kier alpha value is -2.59. The predicted octanol–water partition coefficient (Wildman–Crippen LogP) is 5.76. The van der Waals surface area contributed by atoms with Crippen LogP contribution in [0, 0.1) is 0 Å². The third-order valence-electron chi connectivity index (χ3n) is 4.72. The Kier molecular flexibility index (Phi) is 11.2. The monoisotopic (exact) mass is 473 g/mol. The number of nitrogens with zero attached hydrogens (tertiary/aromatic N) is 3. The molecule has 180 valence electrons. The lowest BCUT2D eigenvalue weighted by molar-refractivity contribution is 0.0469. The summed E-state index contributed by atoms with van der Waals surface area (Å²) in [6.07, 6.45) is 0.583. The average molecular weight is 474 g/mol. The minimum absolute atomic E-state index is 0.234. The molecule has 0 aliphatic carbocycles. The van der Waals surface area contributed by atoms with Crippen LogP contribution >= 0.6 is 0 Å². The molecule has 0 saturated carbocycles. The van der Waals surface area contributed by atoms with Crippen molar-refractivity contribution in [1.82, 2.24) is 0 Å². The van der Waals surface area contributed by atoms with E-state index in [1.54, 1.807) is 18.2 Å². The van der Waals surface area contributed by atoms with Crippen LogP contribution in [-0.4, -0.2) is 55.3 Å². The molecule has 2 aromatic carbocycles. The molecule has 2 rings (SSSR count). The van der Waals surface area contributed by atoms with E-state index in [1.807, 2.05) is 70.1 Å². The molecule has 0 aromatic heterocycles. The minimum Gasteiger partial charge on any atom is -0.462 e. The lowest BCUT2D eigenvalue weighted by Gasteiger charge is -2.28. The van der Waals surface area contributed by atoms with E-state index in [-0.39, 0.29) is 6.61 Å². The zero-order chi connectivity index (χ0) is 24.1. The average Bonchev–Trinajstić information content (AvgIpc) is 2.81. The van der Waals surface area contributed by atoms with Crippen LogP contribution in [-0.2, 0) is 18.0 Å². The van der Waals surface area contributed by atoms with Gasteiger partial charge in [0.05, 0.1) is 17.9 Å². The van der Waals surface area contributed by atoms with Crippen molar-refractivity contribution in [2.45, 2.75) is 33.2 Å². The zero-order valence-corrected chi connectivity index (χ0v) is 21.2. The van der Waals surface area contributed by atoms with Gasteiger partial charge in [-0.25, -0.2) is 4.79 Å². The summed E-state index contributed by atoms with van der Waals surface area (Å²) in [5.74, 6) is -0.441. The van der Waals surface area contributed by atoms with E-state index in [2.05, 4.69) is 10.2 Å². The molecule has 0 radical (unpaired) electrons. The third-order valence-corrected chi connectivity index (χ3v) is 7.87. The van der Waals surface area contributed by atoms with Gasteiger partial charge in [0, 0.05) is 45.6 Å². The number of carbonyl (C=O) groups excluding carboxylic acids is 1. The van der Waals surface area contributed by atoms with Crippen molar-refractivity contribution < 1.29 is 22.8 Å². The summed E-state index contributed by atoms with van der Waals surface area (Å²) in [6, 6.07) is 15.3. The van der Waals surface area contributed by atoms with E-state index in [1.165, 1.54) is 0 Å². The van der Waals surface area contributed by atoms with Crippen molar-refractivity contribution in [3.05, 3.63) is 54.1 Å². The Morgan fingerprint density at radius 3 is 2.06 bits per heavy atom. The fourth-order valence-electron chi connectivity index (χ4n) is 3.20. The number of esters is 1. The second kappa shape index (κ2) is 13.8. The predicted molar refractivity (Wildman–Crippen MR) is 132 cm³/mol. The Bertz CT molecular complexity index is 873. The molecule has 0 aliphatic heterocycles. The van der Waals surface area contributed by atoms with E-state index < -0.39 is 14.8 Å². The summed E-state index contributed by atoms with van der Waals surface area (Å²) in [5.41, 5.74) is 2.60. The van der Waals surface area contributed by atoms with Gasteiger partial charge in [0.2, 0.25) is 0 Å². The topological polar surface area (TPSA) is 82.0 Å². The highest BCUT2D eigenvalue weighted by Gasteiger charge is 2.39. The molecule has 0 saturated heterocycles.